The Morgan fingerprint density at radius 1 is 1.50 bits per heavy atom. The van der Waals surface area contributed by atoms with Crippen molar-refractivity contribution in [3.05, 3.63) is 34.7 Å². The number of carbonyl (C=O) groups is 1. The summed E-state index contributed by atoms with van der Waals surface area (Å²) in [6.45, 7) is 6.25. The molecular weight excluding hydrogens is 256 g/mol. The summed E-state index contributed by atoms with van der Waals surface area (Å²) in [6.07, 6.45) is 2.73. The van der Waals surface area contributed by atoms with Crippen LogP contribution in [0.4, 0.5) is 0 Å². The van der Waals surface area contributed by atoms with Crippen LogP contribution in [-0.2, 0) is 11.3 Å². The van der Waals surface area contributed by atoms with E-state index in [-0.39, 0.29) is 30.3 Å². The van der Waals surface area contributed by atoms with Crippen molar-refractivity contribution in [3.8, 4) is 0 Å². The summed E-state index contributed by atoms with van der Waals surface area (Å²) in [5, 5.41) is 12.9. The summed E-state index contributed by atoms with van der Waals surface area (Å²) >= 11 is 0. The first-order chi connectivity index (χ1) is 9.36. The fourth-order valence-electron chi connectivity index (χ4n) is 1.85. The summed E-state index contributed by atoms with van der Waals surface area (Å²) in [4.78, 5) is 23.2. The van der Waals surface area contributed by atoms with Gasteiger partial charge in [-0.2, -0.15) is 0 Å². The van der Waals surface area contributed by atoms with Crippen molar-refractivity contribution in [2.45, 2.75) is 45.8 Å². The molecule has 0 aliphatic heterocycles. The number of hydrogen-bond acceptors (Lipinski definition) is 3. The molecule has 1 aromatic rings. The second-order valence-corrected chi connectivity index (χ2v) is 5.43. The third-order valence-electron chi connectivity index (χ3n) is 3.80. The van der Waals surface area contributed by atoms with Crippen molar-refractivity contribution in [1.29, 1.82) is 0 Å². The Morgan fingerprint density at radius 3 is 2.80 bits per heavy atom. The summed E-state index contributed by atoms with van der Waals surface area (Å²) in [7, 11) is 0. The third kappa shape index (κ3) is 4.81. The second-order valence-electron chi connectivity index (χ2n) is 5.43. The predicted octanol–water partition coefficient (Wildman–Crippen LogP) is 1.15. The van der Waals surface area contributed by atoms with Crippen LogP contribution < -0.4 is 10.9 Å². The maximum absolute atomic E-state index is 11.7. The molecule has 0 aromatic carbocycles. The molecule has 1 rings (SSSR count). The lowest BCUT2D eigenvalue weighted by Gasteiger charge is -2.29. The molecule has 0 radical (unpaired) electrons. The van der Waals surface area contributed by atoms with Crippen molar-refractivity contribution in [2.24, 2.45) is 5.92 Å². The predicted molar refractivity (Wildman–Crippen MR) is 78.4 cm³/mol. The minimum Gasteiger partial charge on any atom is -0.388 e. The molecule has 0 bridgehead atoms. The van der Waals surface area contributed by atoms with Crippen LogP contribution in [-0.4, -0.2) is 27.7 Å². The van der Waals surface area contributed by atoms with E-state index < -0.39 is 5.60 Å². The van der Waals surface area contributed by atoms with E-state index >= 15 is 0 Å². The molecule has 0 saturated heterocycles. The maximum atomic E-state index is 11.7. The van der Waals surface area contributed by atoms with E-state index in [2.05, 4.69) is 5.32 Å². The normalized spacial score (nSPS) is 15.4. The molecule has 0 aliphatic carbocycles. The van der Waals surface area contributed by atoms with E-state index in [9.17, 15) is 14.7 Å². The zero-order chi connectivity index (χ0) is 15.2. The van der Waals surface area contributed by atoms with Crippen molar-refractivity contribution in [2.75, 3.05) is 6.54 Å². The molecule has 1 amide bonds. The van der Waals surface area contributed by atoms with Gasteiger partial charge in [0.25, 0.3) is 5.56 Å². The van der Waals surface area contributed by atoms with Gasteiger partial charge in [0.1, 0.15) is 0 Å². The average Bonchev–Trinajstić information content (AvgIpc) is 2.43. The average molecular weight is 280 g/mol. The fraction of sp³-hybridized carbons (Fsp3) is 0.600. The molecule has 2 atom stereocenters. The summed E-state index contributed by atoms with van der Waals surface area (Å²) < 4.78 is 1.49. The SMILES string of the molecule is CCC(C)C(C)(O)CNC(=O)CCn1ccccc1=O. The van der Waals surface area contributed by atoms with Crippen LogP contribution in [0.15, 0.2) is 29.2 Å². The van der Waals surface area contributed by atoms with Gasteiger partial charge >= 0.3 is 0 Å². The molecule has 5 nitrogen and oxygen atoms in total. The van der Waals surface area contributed by atoms with Crippen molar-refractivity contribution >= 4 is 5.91 Å². The molecule has 1 heterocycles. The summed E-state index contributed by atoms with van der Waals surface area (Å²) in [6, 6.07) is 4.89. The Hall–Kier alpha value is -1.62. The van der Waals surface area contributed by atoms with Gasteiger partial charge in [0.05, 0.1) is 5.60 Å². The molecule has 20 heavy (non-hydrogen) atoms. The number of aliphatic hydroxyl groups is 1. The van der Waals surface area contributed by atoms with Gasteiger partial charge < -0.3 is 15.0 Å². The molecule has 0 aliphatic rings. The van der Waals surface area contributed by atoms with E-state index in [0.29, 0.717) is 6.54 Å². The zero-order valence-corrected chi connectivity index (χ0v) is 12.4. The maximum Gasteiger partial charge on any atom is 0.250 e. The molecule has 5 heteroatoms. The van der Waals surface area contributed by atoms with Crippen LogP contribution in [0.5, 0.6) is 0 Å². The Kier molecular flexibility index (Phi) is 5.95. The number of aryl methyl sites for hydroxylation is 1. The van der Waals surface area contributed by atoms with E-state index in [4.69, 9.17) is 0 Å². The Bertz CT molecular complexity index is 494. The van der Waals surface area contributed by atoms with Gasteiger partial charge in [-0.05, 0) is 18.9 Å². The van der Waals surface area contributed by atoms with Crippen LogP contribution in [0.25, 0.3) is 0 Å². The summed E-state index contributed by atoms with van der Waals surface area (Å²) in [5.74, 6) is -0.0520. The number of pyridine rings is 1. The monoisotopic (exact) mass is 280 g/mol. The standard InChI is InChI=1S/C15H24N2O3/c1-4-12(2)15(3,20)11-16-13(18)8-10-17-9-6-5-7-14(17)19/h5-7,9,12,20H,4,8,10-11H2,1-3H3,(H,16,18). The molecule has 112 valence electrons. The van der Waals surface area contributed by atoms with Crippen LogP contribution >= 0.6 is 0 Å². The highest BCUT2D eigenvalue weighted by molar-refractivity contribution is 5.75. The molecule has 2 N–H and O–H groups in total. The number of aromatic nitrogens is 1. The van der Waals surface area contributed by atoms with Crippen molar-refractivity contribution in [1.82, 2.24) is 9.88 Å². The van der Waals surface area contributed by atoms with Gasteiger partial charge in [-0.25, -0.2) is 0 Å². The van der Waals surface area contributed by atoms with E-state index in [0.717, 1.165) is 6.42 Å². The number of carbonyl (C=O) groups excluding carboxylic acids is 1. The topological polar surface area (TPSA) is 71.3 Å². The first kappa shape index (κ1) is 16.4. The van der Waals surface area contributed by atoms with E-state index in [1.807, 2.05) is 13.8 Å². The highest BCUT2D eigenvalue weighted by Gasteiger charge is 2.27. The smallest absolute Gasteiger partial charge is 0.250 e. The van der Waals surface area contributed by atoms with Gasteiger partial charge in [-0.15, -0.1) is 0 Å². The van der Waals surface area contributed by atoms with E-state index in [1.165, 1.54) is 10.6 Å². The Morgan fingerprint density at radius 2 is 2.20 bits per heavy atom. The highest BCUT2D eigenvalue weighted by atomic mass is 16.3. The molecule has 1 aromatic heterocycles. The molecule has 2 unspecified atom stereocenters. The molecule has 0 fully saturated rings. The van der Waals surface area contributed by atoms with Crippen LogP contribution in [0, 0.1) is 5.92 Å². The molecule has 0 saturated carbocycles. The molecule has 0 spiro atoms. The minimum absolute atomic E-state index is 0.111. The Labute approximate surface area is 119 Å². The third-order valence-corrected chi connectivity index (χ3v) is 3.80. The zero-order valence-electron chi connectivity index (χ0n) is 12.4. The van der Waals surface area contributed by atoms with Gasteiger partial charge in [-0.3, -0.25) is 9.59 Å². The van der Waals surface area contributed by atoms with Crippen LogP contribution in [0.3, 0.4) is 0 Å². The van der Waals surface area contributed by atoms with Crippen LogP contribution in [0.1, 0.15) is 33.6 Å². The second kappa shape index (κ2) is 7.24. The number of amides is 1. The van der Waals surface area contributed by atoms with E-state index in [1.54, 1.807) is 25.3 Å². The number of nitrogens with zero attached hydrogens (tertiary/aromatic N) is 1. The van der Waals surface area contributed by atoms with Gasteiger partial charge in [0, 0.05) is 31.8 Å². The molecular formula is C15H24N2O3. The lowest BCUT2D eigenvalue weighted by Crippen LogP contribution is -2.45. The largest absolute Gasteiger partial charge is 0.388 e. The van der Waals surface area contributed by atoms with Crippen LogP contribution in [0.2, 0.25) is 0 Å². The highest BCUT2D eigenvalue weighted by Crippen LogP contribution is 2.18. The minimum atomic E-state index is -0.909. The first-order valence-electron chi connectivity index (χ1n) is 7.01. The Balaban J connectivity index is 2.42. The summed E-state index contributed by atoms with van der Waals surface area (Å²) in [5.41, 5.74) is -1.03. The van der Waals surface area contributed by atoms with Gasteiger partial charge in [0.15, 0.2) is 0 Å². The van der Waals surface area contributed by atoms with Gasteiger partial charge in [-0.1, -0.05) is 26.3 Å². The first-order valence-corrected chi connectivity index (χ1v) is 7.01. The van der Waals surface area contributed by atoms with Crippen molar-refractivity contribution in [3.63, 3.8) is 0 Å². The number of nitrogens with one attached hydrogen (secondary N) is 1. The fourth-order valence-corrected chi connectivity index (χ4v) is 1.85. The lowest BCUT2D eigenvalue weighted by molar-refractivity contribution is -0.123. The van der Waals surface area contributed by atoms with Gasteiger partial charge in [0.2, 0.25) is 5.91 Å². The lowest BCUT2D eigenvalue weighted by atomic mass is 9.88. The number of rotatable bonds is 7. The van der Waals surface area contributed by atoms with Crippen molar-refractivity contribution < 1.29 is 9.90 Å². The quantitative estimate of drug-likeness (QED) is 0.787. The number of hydrogen-bond donors (Lipinski definition) is 2.